The van der Waals surface area contributed by atoms with Crippen LogP contribution in [0.2, 0.25) is 0 Å². The molecule has 106 valence electrons. The van der Waals surface area contributed by atoms with E-state index in [1.807, 2.05) is 6.92 Å². The van der Waals surface area contributed by atoms with Crippen molar-refractivity contribution in [2.24, 2.45) is 5.73 Å². The summed E-state index contributed by atoms with van der Waals surface area (Å²) in [5.41, 5.74) is 4.47. The number of amides is 2. The maximum atomic E-state index is 11.3. The smallest absolute Gasteiger partial charge is 0.339 e. The summed E-state index contributed by atoms with van der Waals surface area (Å²) in [5.74, 6) is -0.210. The molecule has 8 heteroatoms. The second-order valence-corrected chi connectivity index (χ2v) is 4.62. The van der Waals surface area contributed by atoms with E-state index >= 15 is 0 Å². The summed E-state index contributed by atoms with van der Waals surface area (Å²) in [4.78, 5) is 31.5. The van der Waals surface area contributed by atoms with E-state index in [4.69, 9.17) is 4.74 Å². The van der Waals surface area contributed by atoms with Crippen LogP contribution in [-0.2, 0) is 19.1 Å². The summed E-state index contributed by atoms with van der Waals surface area (Å²) in [5, 5.41) is 1.91. The van der Waals surface area contributed by atoms with E-state index in [2.05, 4.69) is 23.7 Å². The lowest BCUT2D eigenvalue weighted by Crippen LogP contribution is -2.40. The van der Waals surface area contributed by atoms with Gasteiger partial charge in [-0.25, -0.2) is 4.79 Å². The first-order valence-corrected chi connectivity index (χ1v) is 7.01. The molecular weight excluding hydrogens is 276 g/mol. The Morgan fingerprint density at radius 1 is 1.39 bits per heavy atom. The fourth-order valence-corrected chi connectivity index (χ4v) is 1.59. The predicted molar refractivity (Wildman–Crippen MR) is 75.4 cm³/mol. The highest BCUT2D eigenvalue weighted by Crippen LogP contribution is 2.09. The van der Waals surface area contributed by atoms with E-state index in [1.165, 1.54) is 18.7 Å². The molecule has 1 unspecified atom stereocenters. The minimum atomic E-state index is -0.611. The molecule has 3 N–H and O–H groups in total. The number of esters is 1. The van der Waals surface area contributed by atoms with E-state index in [0.717, 1.165) is 5.75 Å². The normalized spacial score (nSPS) is 10.7. The Labute approximate surface area is 117 Å². The van der Waals surface area contributed by atoms with Crippen LogP contribution < -0.4 is 11.1 Å². The van der Waals surface area contributed by atoms with Crippen molar-refractivity contribution < 1.29 is 19.1 Å². The number of nitrogens with one attached hydrogen (secondary N) is 1. The van der Waals surface area contributed by atoms with Crippen LogP contribution in [0.1, 0.15) is 20.8 Å². The minimum absolute atomic E-state index is 0.0696. The highest BCUT2D eigenvalue weighted by molar-refractivity contribution is 8.00. The van der Waals surface area contributed by atoms with Crippen LogP contribution in [0.3, 0.4) is 0 Å². The van der Waals surface area contributed by atoms with Gasteiger partial charge in [0.2, 0.25) is 11.8 Å². The number of carbonyl (C=O) groups is 3. The second kappa shape index (κ2) is 12.6. The first-order valence-electron chi connectivity index (χ1n) is 5.33. The van der Waals surface area contributed by atoms with Crippen molar-refractivity contribution in [2.75, 3.05) is 18.1 Å². The molecular formula is C10H20N2O4S2. The van der Waals surface area contributed by atoms with Crippen molar-refractivity contribution >= 4 is 42.2 Å². The third-order valence-electron chi connectivity index (χ3n) is 1.27. The Kier molecular flexibility index (Phi) is 13.6. The molecule has 2 amide bonds. The molecule has 0 bridgehead atoms. The molecule has 1 atom stereocenters. The first kappa shape index (κ1) is 19.4. The van der Waals surface area contributed by atoms with Gasteiger partial charge >= 0.3 is 5.97 Å². The SMILES string of the molecule is CC(N)=O.CCOC(=O)C(NC(=O)CS)SCC. The van der Waals surface area contributed by atoms with Crippen molar-refractivity contribution in [2.45, 2.75) is 26.1 Å². The average molecular weight is 296 g/mol. The number of ether oxygens (including phenoxy) is 1. The largest absolute Gasteiger partial charge is 0.464 e. The summed E-state index contributed by atoms with van der Waals surface area (Å²) in [7, 11) is 0. The van der Waals surface area contributed by atoms with Gasteiger partial charge in [-0.05, 0) is 12.7 Å². The summed E-state index contributed by atoms with van der Waals surface area (Å²) in [6.07, 6.45) is 0. The lowest BCUT2D eigenvalue weighted by molar-refractivity contribution is -0.144. The van der Waals surface area contributed by atoms with Gasteiger partial charge in [-0.15, -0.1) is 11.8 Å². The number of rotatable bonds is 6. The maximum Gasteiger partial charge on any atom is 0.339 e. The van der Waals surface area contributed by atoms with Crippen molar-refractivity contribution in [3.8, 4) is 0 Å². The molecule has 0 aliphatic carbocycles. The van der Waals surface area contributed by atoms with Gasteiger partial charge in [-0.1, -0.05) is 6.92 Å². The van der Waals surface area contributed by atoms with Crippen LogP contribution in [0, 0.1) is 0 Å². The Morgan fingerprint density at radius 3 is 2.22 bits per heavy atom. The molecule has 0 aromatic heterocycles. The van der Waals surface area contributed by atoms with Crippen molar-refractivity contribution in [3.05, 3.63) is 0 Å². The number of thioether (sulfide) groups is 1. The van der Waals surface area contributed by atoms with Gasteiger partial charge in [-0.2, -0.15) is 12.6 Å². The van der Waals surface area contributed by atoms with Crippen molar-refractivity contribution in [3.63, 3.8) is 0 Å². The molecule has 0 heterocycles. The molecule has 0 aromatic rings. The van der Waals surface area contributed by atoms with E-state index in [1.54, 1.807) is 6.92 Å². The zero-order valence-corrected chi connectivity index (χ0v) is 12.5. The molecule has 0 aliphatic heterocycles. The minimum Gasteiger partial charge on any atom is -0.464 e. The summed E-state index contributed by atoms with van der Waals surface area (Å²) >= 11 is 5.13. The topological polar surface area (TPSA) is 98.5 Å². The van der Waals surface area contributed by atoms with Gasteiger partial charge in [0, 0.05) is 6.92 Å². The molecule has 6 nitrogen and oxygen atoms in total. The van der Waals surface area contributed by atoms with Crippen LogP contribution in [0.25, 0.3) is 0 Å². The highest BCUT2D eigenvalue weighted by atomic mass is 32.2. The monoisotopic (exact) mass is 296 g/mol. The third-order valence-corrected chi connectivity index (χ3v) is 2.53. The van der Waals surface area contributed by atoms with Crippen molar-refractivity contribution in [1.29, 1.82) is 0 Å². The van der Waals surface area contributed by atoms with Crippen LogP contribution in [0.5, 0.6) is 0 Å². The number of primary amides is 1. The van der Waals surface area contributed by atoms with Crippen LogP contribution >= 0.6 is 24.4 Å². The Morgan fingerprint density at radius 2 is 1.89 bits per heavy atom. The van der Waals surface area contributed by atoms with Crippen molar-refractivity contribution in [1.82, 2.24) is 5.32 Å². The van der Waals surface area contributed by atoms with Crippen LogP contribution in [0.4, 0.5) is 0 Å². The molecule has 0 aromatic carbocycles. The fraction of sp³-hybridized carbons (Fsp3) is 0.700. The quantitative estimate of drug-likeness (QED) is 0.368. The molecule has 18 heavy (non-hydrogen) atoms. The van der Waals surface area contributed by atoms with Gasteiger partial charge in [0.05, 0.1) is 12.4 Å². The number of nitrogens with two attached hydrogens (primary N) is 1. The Hall–Kier alpha value is -0.890. The Bertz CT molecular complexity index is 271. The van der Waals surface area contributed by atoms with Gasteiger partial charge in [0.1, 0.15) is 0 Å². The van der Waals surface area contributed by atoms with Gasteiger partial charge in [0.25, 0.3) is 0 Å². The Balaban J connectivity index is 0. The lowest BCUT2D eigenvalue weighted by atomic mass is 10.6. The van der Waals surface area contributed by atoms with Crippen LogP contribution in [0.15, 0.2) is 0 Å². The number of hydrogen-bond donors (Lipinski definition) is 3. The zero-order chi connectivity index (χ0) is 14.6. The van der Waals surface area contributed by atoms with E-state index in [-0.39, 0.29) is 17.6 Å². The fourth-order valence-electron chi connectivity index (χ4n) is 0.745. The summed E-state index contributed by atoms with van der Waals surface area (Å²) in [6, 6.07) is 0. The molecule has 0 saturated carbocycles. The highest BCUT2D eigenvalue weighted by Gasteiger charge is 2.20. The van der Waals surface area contributed by atoms with Crippen LogP contribution in [-0.4, -0.2) is 41.3 Å². The number of hydrogen-bond acceptors (Lipinski definition) is 6. The summed E-state index contributed by atoms with van der Waals surface area (Å²) in [6.45, 7) is 5.26. The second-order valence-electron chi connectivity index (χ2n) is 2.92. The molecule has 0 radical (unpaired) electrons. The number of carbonyl (C=O) groups excluding carboxylic acids is 3. The lowest BCUT2D eigenvalue weighted by Gasteiger charge is -2.15. The number of thiol groups is 1. The van der Waals surface area contributed by atoms with Gasteiger partial charge in [-0.3, -0.25) is 9.59 Å². The molecule has 0 saturated heterocycles. The van der Waals surface area contributed by atoms with E-state index in [9.17, 15) is 14.4 Å². The molecule has 0 rings (SSSR count). The predicted octanol–water partition coefficient (Wildman–Crippen LogP) is 0.166. The average Bonchev–Trinajstić information content (AvgIpc) is 2.27. The van der Waals surface area contributed by atoms with Gasteiger partial charge < -0.3 is 15.8 Å². The standard InChI is InChI=1S/C8H15NO3S2.C2H5NO/c1-3-12-8(11)7(14-4-2)9-6(10)5-13;1-2(3)4/h7,13H,3-5H2,1-2H3,(H,9,10);1H3,(H2,3,4). The first-order chi connectivity index (χ1) is 8.38. The third kappa shape index (κ3) is 13.2. The van der Waals surface area contributed by atoms with Gasteiger partial charge in [0.15, 0.2) is 5.37 Å². The molecule has 0 spiro atoms. The maximum absolute atomic E-state index is 11.3. The van der Waals surface area contributed by atoms with E-state index in [0.29, 0.717) is 6.61 Å². The summed E-state index contributed by atoms with van der Waals surface area (Å²) < 4.78 is 4.80. The van der Waals surface area contributed by atoms with E-state index < -0.39 is 11.3 Å². The zero-order valence-electron chi connectivity index (χ0n) is 10.8. The molecule has 0 aliphatic rings. The molecule has 0 fully saturated rings.